The van der Waals surface area contributed by atoms with E-state index in [0.717, 1.165) is 11.1 Å². The van der Waals surface area contributed by atoms with Gasteiger partial charge in [0.15, 0.2) is 0 Å². The first-order chi connectivity index (χ1) is 14.3. The molecule has 158 valence electrons. The van der Waals surface area contributed by atoms with Crippen LogP contribution in [0.4, 0.5) is 0 Å². The maximum Gasteiger partial charge on any atom is 0.261 e. The van der Waals surface area contributed by atoms with Gasteiger partial charge in [-0.15, -0.1) is 0 Å². The molecule has 0 unspecified atom stereocenters. The van der Waals surface area contributed by atoms with Crippen molar-refractivity contribution < 1.29 is 9.53 Å². The Labute approximate surface area is 182 Å². The van der Waals surface area contributed by atoms with E-state index in [-0.39, 0.29) is 11.0 Å². The second kappa shape index (κ2) is 9.30. The predicted molar refractivity (Wildman–Crippen MR) is 129 cm³/mol. The van der Waals surface area contributed by atoms with Gasteiger partial charge in [-0.2, -0.15) is 0 Å². The molecule has 0 spiro atoms. The molecule has 0 heterocycles. The fourth-order valence-corrected chi connectivity index (χ4v) is 8.79. The van der Waals surface area contributed by atoms with Crippen LogP contribution in [0.3, 0.4) is 0 Å². The van der Waals surface area contributed by atoms with E-state index in [1.165, 1.54) is 10.4 Å². The fraction of sp³-hybridized carbons (Fsp3) is 0.333. The summed E-state index contributed by atoms with van der Waals surface area (Å²) in [7, 11) is -2.60. The summed E-state index contributed by atoms with van der Waals surface area (Å²) < 4.78 is 7.05. The minimum Gasteiger partial charge on any atom is -0.403 e. The predicted octanol–water partition coefficient (Wildman–Crippen LogP) is 5.45. The maximum absolute atomic E-state index is 10.8. The van der Waals surface area contributed by atoms with Crippen LogP contribution in [0.15, 0.2) is 84.9 Å². The summed E-state index contributed by atoms with van der Waals surface area (Å²) in [6, 6.07) is 29.5. The standard InChI is InChI=1S/C27H34O2Si/c1-21(2)26(28)25-19-13-12-14-22(25)20-29-30(27(3,4)5,23-15-8-6-9-16-23)24-17-10-7-11-18-24/h6-19,21,26,28H,20H2,1-5H3/t26-/m1/s1. The van der Waals surface area contributed by atoms with Gasteiger partial charge in [-0.25, -0.2) is 0 Å². The molecule has 3 rings (SSSR count). The number of aliphatic hydroxyl groups is 1. The molecule has 0 amide bonds. The summed E-state index contributed by atoms with van der Waals surface area (Å²) in [5, 5.41) is 13.2. The monoisotopic (exact) mass is 418 g/mol. The molecule has 0 saturated carbocycles. The molecule has 3 aromatic carbocycles. The highest BCUT2D eigenvalue weighted by Crippen LogP contribution is 2.38. The molecule has 0 saturated heterocycles. The second-order valence-corrected chi connectivity index (χ2v) is 13.6. The molecule has 0 aliphatic heterocycles. The van der Waals surface area contributed by atoms with E-state index in [1.54, 1.807) is 0 Å². The molecular formula is C27H34O2Si. The molecule has 2 nitrogen and oxygen atoms in total. The van der Waals surface area contributed by atoms with Crippen molar-refractivity contribution in [3.8, 4) is 0 Å². The molecule has 1 atom stereocenters. The van der Waals surface area contributed by atoms with Gasteiger partial charge in [-0.05, 0) is 32.5 Å². The first-order valence-corrected chi connectivity index (χ1v) is 12.7. The Hall–Kier alpha value is -2.20. The third-order valence-electron chi connectivity index (χ3n) is 5.87. The van der Waals surface area contributed by atoms with Gasteiger partial charge in [-0.3, -0.25) is 0 Å². The number of hydrogen-bond donors (Lipinski definition) is 1. The van der Waals surface area contributed by atoms with Crippen LogP contribution in [0.1, 0.15) is 51.8 Å². The lowest BCUT2D eigenvalue weighted by atomic mass is 9.95. The quantitative estimate of drug-likeness (QED) is 0.517. The van der Waals surface area contributed by atoms with Gasteiger partial charge in [0, 0.05) is 0 Å². The van der Waals surface area contributed by atoms with Gasteiger partial charge in [0.25, 0.3) is 8.32 Å². The zero-order valence-corrected chi connectivity index (χ0v) is 19.8. The molecule has 0 aliphatic rings. The Kier molecular flexibility index (Phi) is 6.97. The Morgan fingerprint density at radius 2 is 1.23 bits per heavy atom. The summed E-state index contributed by atoms with van der Waals surface area (Å²) in [6.07, 6.45) is -0.496. The Morgan fingerprint density at radius 3 is 1.70 bits per heavy atom. The number of hydrogen-bond acceptors (Lipinski definition) is 2. The van der Waals surface area contributed by atoms with Crippen LogP contribution in [-0.2, 0) is 11.0 Å². The van der Waals surface area contributed by atoms with E-state index in [0.29, 0.717) is 6.61 Å². The summed E-state index contributed by atoms with van der Waals surface area (Å²) in [6.45, 7) is 11.4. The summed E-state index contributed by atoms with van der Waals surface area (Å²) in [5.74, 6) is 0.152. The van der Waals surface area contributed by atoms with Crippen LogP contribution < -0.4 is 10.4 Å². The lowest BCUT2D eigenvalue weighted by molar-refractivity contribution is 0.124. The molecule has 0 aromatic heterocycles. The maximum atomic E-state index is 10.8. The molecule has 0 aliphatic carbocycles. The first-order valence-electron chi connectivity index (χ1n) is 10.8. The molecule has 0 bridgehead atoms. The Balaban J connectivity index is 2.10. The van der Waals surface area contributed by atoms with Crippen molar-refractivity contribution in [2.75, 3.05) is 0 Å². The lowest BCUT2D eigenvalue weighted by Crippen LogP contribution is -2.66. The van der Waals surface area contributed by atoms with E-state index in [4.69, 9.17) is 4.43 Å². The third kappa shape index (κ3) is 4.44. The molecule has 0 radical (unpaired) electrons. The summed E-state index contributed by atoms with van der Waals surface area (Å²) in [4.78, 5) is 0. The largest absolute Gasteiger partial charge is 0.403 e. The van der Waals surface area contributed by atoms with Crippen LogP contribution in [0.2, 0.25) is 5.04 Å². The zero-order chi connectivity index (χ0) is 21.8. The minimum absolute atomic E-state index is 0.0681. The molecule has 3 heteroatoms. The van der Waals surface area contributed by atoms with E-state index in [9.17, 15) is 5.11 Å². The highest BCUT2D eigenvalue weighted by atomic mass is 28.4. The van der Waals surface area contributed by atoms with Crippen molar-refractivity contribution in [2.45, 2.75) is 52.4 Å². The lowest BCUT2D eigenvalue weighted by Gasteiger charge is -2.43. The van der Waals surface area contributed by atoms with E-state index >= 15 is 0 Å². The number of rotatable bonds is 7. The van der Waals surface area contributed by atoms with Gasteiger partial charge < -0.3 is 9.53 Å². The van der Waals surface area contributed by atoms with Crippen LogP contribution >= 0.6 is 0 Å². The van der Waals surface area contributed by atoms with Gasteiger partial charge in [0.05, 0.1) is 12.7 Å². The topological polar surface area (TPSA) is 29.5 Å². The van der Waals surface area contributed by atoms with Crippen molar-refractivity contribution in [3.05, 3.63) is 96.1 Å². The molecule has 1 N–H and O–H groups in total. The highest BCUT2D eigenvalue weighted by molar-refractivity contribution is 6.99. The zero-order valence-electron chi connectivity index (χ0n) is 18.8. The van der Waals surface area contributed by atoms with Gasteiger partial charge in [-0.1, -0.05) is 120 Å². The van der Waals surface area contributed by atoms with Crippen LogP contribution in [-0.4, -0.2) is 13.4 Å². The van der Waals surface area contributed by atoms with E-state index < -0.39 is 14.4 Å². The van der Waals surface area contributed by atoms with Crippen molar-refractivity contribution in [2.24, 2.45) is 5.92 Å². The molecule has 3 aromatic rings. The highest BCUT2D eigenvalue weighted by Gasteiger charge is 2.50. The minimum atomic E-state index is -2.60. The fourth-order valence-electron chi connectivity index (χ4n) is 4.26. The van der Waals surface area contributed by atoms with Crippen LogP contribution in [0.5, 0.6) is 0 Å². The van der Waals surface area contributed by atoms with Gasteiger partial charge in [0.2, 0.25) is 0 Å². The van der Waals surface area contributed by atoms with Crippen molar-refractivity contribution >= 4 is 18.7 Å². The SMILES string of the molecule is CC(C)[C@@H](O)c1ccccc1CO[Si](c1ccccc1)(c1ccccc1)C(C)(C)C. The molecule has 0 fully saturated rings. The molecule has 30 heavy (non-hydrogen) atoms. The van der Waals surface area contributed by atoms with Crippen molar-refractivity contribution in [1.82, 2.24) is 0 Å². The first kappa shape index (κ1) is 22.5. The normalized spacial score (nSPS) is 13.4. The number of benzene rings is 3. The Morgan fingerprint density at radius 1 is 0.767 bits per heavy atom. The molecular weight excluding hydrogens is 384 g/mol. The average Bonchev–Trinajstić information content (AvgIpc) is 2.74. The van der Waals surface area contributed by atoms with Gasteiger partial charge in [0.1, 0.15) is 0 Å². The number of aliphatic hydroxyl groups excluding tert-OH is 1. The smallest absolute Gasteiger partial charge is 0.261 e. The van der Waals surface area contributed by atoms with Crippen LogP contribution in [0, 0.1) is 5.92 Å². The summed E-state index contributed by atoms with van der Waals surface area (Å²) in [5.41, 5.74) is 2.03. The third-order valence-corrected chi connectivity index (χ3v) is 10.8. The van der Waals surface area contributed by atoms with E-state index in [1.807, 2.05) is 32.0 Å². The van der Waals surface area contributed by atoms with Crippen LogP contribution in [0.25, 0.3) is 0 Å². The van der Waals surface area contributed by atoms with E-state index in [2.05, 4.69) is 87.5 Å². The van der Waals surface area contributed by atoms with Crippen molar-refractivity contribution in [1.29, 1.82) is 0 Å². The average molecular weight is 419 g/mol. The Bertz CT molecular complexity index is 890. The van der Waals surface area contributed by atoms with Gasteiger partial charge >= 0.3 is 0 Å². The second-order valence-electron chi connectivity index (χ2n) is 9.34. The summed E-state index contributed by atoms with van der Waals surface area (Å²) >= 11 is 0. The van der Waals surface area contributed by atoms with Crippen molar-refractivity contribution in [3.63, 3.8) is 0 Å².